The molecular formula is C60H53N. The average molecular weight is 788 g/mol. The van der Waals surface area contributed by atoms with Crippen LogP contribution in [0, 0.1) is 5.41 Å². The summed E-state index contributed by atoms with van der Waals surface area (Å²) >= 11 is 0. The molecule has 1 heteroatoms. The number of rotatable bonds is 5. The topological polar surface area (TPSA) is 23.9 Å². The molecule has 1 nitrogen and oxygen atoms in total. The maximum absolute atomic E-state index is 9.31. The van der Waals surface area contributed by atoms with E-state index in [4.69, 9.17) is 0 Å². The minimum absolute atomic E-state index is 0.377. The lowest BCUT2D eigenvalue weighted by molar-refractivity contribution is 0.793. The molecule has 1 N–H and O–H groups in total. The molecule has 0 fully saturated rings. The van der Waals surface area contributed by atoms with E-state index in [1.807, 2.05) is 52.0 Å². The lowest BCUT2D eigenvalue weighted by Crippen LogP contribution is -2.25. The summed E-state index contributed by atoms with van der Waals surface area (Å²) in [5.41, 5.74) is 15.7. The van der Waals surface area contributed by atoms with Crippen molar-refractivity contribution in [3.8, 4) is 33.4 Å². The van der Waals surface area contributed by atoms with E-state index >= 15 is 0 Å². The van der Waals surface area contributed by atoms with Gasteiger partial charge in [0, 0.05) is 5.56 Å². The molecule has 0 atom stereocenters. The second kappa shape index (κ2) is 18.7. The van der Waals surface area contributed by atoms with Gasteiger partial charge in [0.1, 0.15) is 0 Å². The highest BCUT2D eigenvalue weighted by Crippen LogP contribution is 2.62. The third-order valence-electron chi connectivity index (χ3n) is 11.4. The van der Waals surface area contributed by atoms with Crippen LogP contribution in [0.3, 0.4) is 0 Å². The van der Waals surface area contributed by atoms with Gasteiger partial charge in [0.05, 0.1) is 11.1 Å². The SMILES string of the molecule is C/C=C\C.C=C(/C=C\C(=N)c1ccc2c(c1)-c1ccccc1C21c2ccccc2-c2ccccc21)c1c2ccccc2c(-c2ccccc2)c2ccccc12.C=CC.C=CC. The fourth-order valence-corrected chi connectivity index (χ4v) is 9.02. The molecule has 2 aliphatic carbocycles. The Bertz CT molecular complexity index is 2860. The Morgan fingerprint density at radius 2 is 0.852 bits per heavy atom. The minimum atomic E-state index is -0.377. The van der Waals surface area contributed by atoms with Crippen LogP contribution in [0.4, 0.5) is 0 Å². The zero-order chi connectivity index (χ0) is 42.9. The first-order chi connectivity index (χ1) is 29.9. The van der Waals surface area contributed by atoms with Crippen molar-refractivity contribution in [2.24, 2.45) is 0 Å². The van der Waals surface area contributed by atoms with Gasteiger partial charge in [0.25, 0.3) is 0 Å². The van der Waals surface area contributed by atoms with Gasteiger partial charge in [-0.15, -0.1) is 13.2 Å². The zero-order valence-corrected chi connectivity index (χ0v) is 35.8. The van der Waals surface area contributed by atoms with E-state index in [2.05, 4.69) is 190 Å². The molecule has 8 aromatic carbocycles. The normalized spacial score (nSPS) is 12.2. The Balaban J connectivity index is 0.000000513. The molecular weight excluding hydrogens is 735 g/mol. The van der Waals surface area contributed by atoms with Crippen molar-refractivity contribution < 1.29 is 0 Å². The van der Waals surface area contributed by atoms with Crippen LogP contribution in [-0.4, -0.2) is 5.71 Å². The highest BCUT2D eigenvalue weighted by molar-refractivity contribution is 6.20. The van der Waals surface area contributed by atoms with Crippen LogP contribution in [-0.2, 0) is 5.41 Å². The summed E-state index contributed by atoms with van der Waals surface area (Å²) in [6.45, 7) is 19.1. The van der Waals surface area contributed by atoms with Gasteiger partial charge in [0.2, 0.25) is 0 Å². The number of allylic oxidation sites excluding steroid dienone is 7. The Labute approximate surface area is 362 Å². The number of nitrogens with one attached hydrogen (secondary N) is 1. The van der Waals surface area contributed by atoms with Crippen molar-refractivity contribution >= 4 is 32.8 Å². The van der Waals surface area contributed by atoms with Gasteiger partial charge in [-0.2, -0.15) is 0 Å². The number of benzene rings is 8. The molecule has 0 saturated carbocycles. The summed E-state index contributed by atoms with van der Waals surface area (Å²) in [6.07, 6.45) is 11.4. The highest BCUT2D eigenvalue weighted by atomic mass is 14.5. The van der Waals surface area contributed by atoms with Gasteiger partial charge < -0.3 is 5.41 Å². The first kappa shape index (κ1) is 41.8. The molecule has 1 spiro atoms. The van der Waals surface area contributed by atoms with Crippen molar-refractivity contribution in [1.29, 1.82) is 5.41 Å². The lowest BCUT2D eigenvalue weighted by atomic mass is 9.70. The number of hydrogen-bond acceptors (Lipinski definition) is 1. The average Bonchev–Trinajstić information content (AvgIpc) is 3.78. The van der Waals surface area contributed by atoms with Crippen LogP contribution < -0.4 is 0 Å². The van der Waals surface area contributed by atoms with Crippen LogP contribution in [0.5, 0.6) is 0 Å². The minimum Gasteiger partial charge on any atom is -0.300 e. The summed E-state index contributed by atoms with van der Waals surface area (Å²) in [4.78, 5) is 0. The number of fused-ring (bicyclic) bond motifs is 12. The maximum Gasteiger partial charge on any atom is 0.0725 e. The molecule has 298 valence electrons. The van der Waals surface area contributed by atoms with Crippen LogP contribution >= 0.6 is 0 Å². The van der Waals surface area contributed by atoms with Gasteiger partial charge >= 0.3 is 0 Å². The first-order valence-corrected chi connectivity index (χ1v) is 21.0. The third kappa shape index (κ3) is 7.45. The van der Waals surface area contributed by atoms with E-state index < -0.39 is 0 Å². The molecule has 0 bridgehead atoms. The Hall–Kier alpha value is -7.35. The van der Waals surface area contributed by atoms with E-state index in [-0.39, 0.29) is 5.41 Å². The summed E-state index contributed by atoms with van der Waals surface area (Å²) in [5.74, 6) is 0. The van der Waals surface area contributed by atoms with Gasteiger partial charge in [-0.05, 0) is 128 Å². The fraction of sp³-hybridized carbons (Fsp3) is 0.0833. The summed E-state index contributed by atoms with van der Waals surface area (Å²) in [6, 6.07) is 61.0. The second-order valence-electron chi connectivity index (χ2n) is 15.1. The van der Waals surface area contributed by atoms with Crippen LogP contribution in [0.15, 0.2) is 226 Å². The molecule has 0 aromatic heterocycles. The van der Waals surface area contributed by atoms with Crippen molar-refractivity contribution in [2.75, 3.05) is 0 Å². The smallest absolute Gasteiger partial charge is 0.0725 e. The third-order valence-corrected chi connectivity index (χ3v) is 11.4. The quantitative estimate of drug-likeness (QED) is 0.0777. The van der Waals surface area contributed by atoms with Gasteiger partial charge in [-0.3, -0.25) is 0 Å². The molecule has 0 heterocycles. The van der Waals surface area contributed by atoms with Crippen LogP contribution in [0.2, 0.25) is 0 Å². The largest absolute Gasteiger partial charge is 0.300 e. The predicted molar refractivity (Wildman–Crippen MR) is 267 cm³/mol. The molecule has 0 aliphatic heterocycles. The van der Waals surface area contributed by atoms with Gasteiger partial charge in [-0.25, -0.2) is 0 Å². The zero-order valence-electron chi connectivity index (χ0n) is 35.8. The van der Waals surface area contributed by atoms with Crippen LogP contribution in [0.1, 0.15) is 61.1 Å². The maximum atomic E-state index is 9.31. The molecule has 10 rings (SSSR count). The molecule has 0 unspecified atom stereocenters. The van der Waals surface area contributed by atoms with Crippen molar-refractivity contribution in [3.05, 3.63) is 259 Å². The van der Waals surface area contributed by atoms with Gasteiger partial charge in [-0.1, -0.05) is 201 Å². The monoisotopic (exact) mass is 787 g/mol. The molecule has 8 aromatic rings. The Morgan fingerprint density at radius 1 is 0.459 bits per heavy atom. The second-order valence-corrected chi connectivity index (χ2v) is 15.1. The van der Waals surface area contributed by atoms with Gasteiger partial charge in [0.15, 0.2) is 0 Å². The number of hydrogen-bond donors (Lipinski definition) is 1. The van der Waals surface area contributed by atoms with E-state index in [0.717, 1.165) is 27.5 Å². The van der Waals surface area contributed by atoms with E-state index in [9.17, 15) is 5.41 Å². The van der Waals surface area contributed by atoms with E-state index in [1.165, 1.54) is 66.4 Å². The van der Waals surface area contributed by atoms with Crippen molar-refractivity contribution in [2.45, 2.75) is 33.1 Å². The molecule has 0 amide bonds. The standard InChI is InChI=1S/C50H33N.C4H8.2C3H6/c1-32(48-38-20-5-7-22-40(38)49(33-15-3-2-4-16-33)41-23-8-6-21-39(41)48)27-30-47(51)34-28-29-46-42(31-34)37-19-11-14-26-45(37)50(46)43-24-12-9-17-35(43)36-18-10-13-25-44(36)50;1-3-4-2;2*1-3-2/h2-31,51H,1H2;3-4H,1-2H3;2*3H,1H2,2H3/b30-27-,51-47?;4-3-;;. The van der Waals surface area contributed by atoms with Crippen molar-refractivity contribution in [1.82, 2.24) is 0 Å². The lowest BCUT2D eigenvalue weighted by Gasteiger charge is -2.30. The predicted octanol–water partition coefficient (Wildman–Crippen LogP) is 16.6. The highest BCUT2D eigenvalue weighted by Gasteiger charge is 2.51. The molecule has 2 aliphatic rings. The molecule has 0 saturated heterocycles. The summed E-state index contributed by atoms with van der Waals surface area (Å²) < 4.78 is 0. The van der Waals surface area contributed by atoms with Crippen LogP contribution in [0.25, 0.3) is 60.5 Å². The van der Waals surface area contributed by atoms with E-state index in [1.54, 1.807) is 12.2 Å². The molecule has 61 heavy (non-hydrogen) atoms. The first-order valence-electron chi connectivity index (χ1n) is 21.0. The Morgan fingerprint density at radius 3 is 1.33 bits per heavy atom. The summed E-state index contributed by atoms with van der Waals surface area (Å²) in [5, 5.41) is 14.0. The van der Waals surface area contributed by atoms with Crippen molar-refractivity contribution in [3.63, 3.8) is 0 Å². The fourth-order valence-electron chi connectivity index (χ4n) is 9.02. The molecule has 0 radical (unpaired) electrons. The summed E-state index contributed by atoms with van der Waals surface area (Å²) in [7, 11) is 0. The van der Waals surface area contributed by atoms with E-state index in [0.29, 0.717) is 5.71 Å². The Kier molecular flexibility index (Phi) is 12.8.